The fraction of sp³-hybridized carbons (Fsp3) is 0.462. The summed E-state index contributed by atoms with van der Waals surface area (Å²) in [4.78, 5) is 11.6. The highest BCUT2D eigenvalue weighted by atomic mass is 19.1. The molecular formula is C13H19FN2O2. The minimum Gasteiger partial charge on any atom is -0.497 e. The Balaban J connectivity index is 2.60. The Hall–Kier alpha value is -1.78. The lowest BCUT2D eigenvalue weighted by Crippen LogP contribution is -2.43. The monoisotopic (exact) mass is 254 g/mol. The Morgan fingerprint density at radius 1 is 1.39 bits per heavy atom. The number of anilines is 1. The molecule has 0 aliphatic carbocycles. The summed E-state index contributed by atoms with van der Waals surface area (Å²) >= 11 is 0. The van der Waals surface area contributed by atoms with E-state index in [1.54, 1.807) is 0 Å². The number of methoxy groups -OCH3 is 1. The van der Waals surface area contributed by atoms with E-state index in [1.807, 2.05) is 20.8 Å². The number of carbonyl (C=O) groups excluding carboxylic acids is 1. The number of benzene rings is 1. The largest absolute Gasteiger partial charge is 0.497 e. The van der Waals surface area contributed by atoms with Crippen molar-refractivity contribution >= 4 is 11.6 Å². The number of hydrogen-bond donors (Lipinski definition) is 2. The summed E-state index contributed by atoms with van der Waals surface area (Å²) < 4.78 is 18.4. The van der Waals surface area contributed by atoms with Crippen molar-refractivity contribution in [3.63, 3.8) is 0 Å². The van der Waals surface area contributed by atoms with E-state index in [2.05, 4.69) is 10.6 Å². The predicted molar refractivity (Wildman–Crippen MR) is 69.3 cm³/mol. The van der Waals surface area contributed by atoms with E-state index < -0.39 is 5.82 Å². The molecule has 0 aromatic heterocycles. The molecule has 0 fully saturated rings. The second-order valence-corrected chi connectivity index (χ2v) is 5.00. The molecular weight excluding hydrogens is 235 g/mol. The van der Waals surface area contributed by atoms with Crippen LogP contribution >= 0.6 is 0 Å². The summed E-state index contributed by atoms with van der Waals surface area (Å²) in [7, 11) is 1.50. The first kappa shape index (κ1) is 14.3. The molecule has 0 saturated heterocycles. The second kappa shape index (κ2) is 5.71. The van der Waals surface area contributed by atoms with Crippen LogP contribution in [0.5, 0.6) is 5.75 Å². The van der Waals surface area contributed by atoms with Gasteiger partial charge in [0.15, 0.2) is 0 Å². The normalized spacial score (nSPS) is 10.9. The molecule has 0 saturated carbocycles. The molecule has 1 rings (SSSR count). The van der Waals surface area contributed by atoms with E-state index in [1.165, 1.54) is 25.3 Å². The lowest BCUT2D eigenvalue weighted by Gasteiger charge is -2.20. The van der Waals surface area contributed by atoms with E-state index in [9.17, 15) is 9.18 Å². The zero-order valence-corrected chi connectivity index (χ0v) is 11.1. The Labute approximate surface area is 107 Å². The summed E-state index contributed by atoms with van der Waals surface area (Å²) in [5, 5.41) is 5.53. The van der Waals surface area contributed by atoms with Crippen LogP contribution in [0.15, 0.2) is 18.2 Å². The van der Waals surface area contributed by atoms with Crippen molar-refractivity contribution in [1.82, 2.24) is 5.32 Å². The third kappa shape index (κ3) is 4.61. The van der Waals surface area contributed by atoms with E-state index in [4.69, 9.17) is 4.74 Å². The molecule has 0 unspecified atom stereocenters. The summed E-state index contributed by atoms with van der Waals surface area (Å²) in [6.45, 7) is 5.67. The highest BCUT2D eigenvalue weighted by molar-refractivity contribution is 5.81. The molecule has 5 heteroatoms. The average Bonchev–Trinajstić information content (AvgIpc) is 2.25. The highest BCUT2D eigenvalue weighted by Crippen LogP contribution is 2.20. The van der Waals surface area contributed by atoms with Crippen LogP contribution in [0.2, 0.25) is 0 Å². The molecule has 2 N–H and O–H groups in total. The smallest absolute Gasteiger partial charge is 0.239 e. The Morgan fingerprint density at radius 3 is 2.61 bits per heavy atom. The van der Waals surface area contributed by atoms with Crippen LogP contribution in [0.4, 0.5) is 10.1 Å². The van der Waals surface area contributed by atoms with Crippen molar-refractivity contribution in [3.8, 4) is 5.75 Å². The maximum atomic E-state index is 13.4. The Morgan fingerprint density at radius 2 is 2.06 bits per heavy atom. The van der Waals surface area contributed by atoms with Crippen LogP contribution in [0.3, 0.4) is 0 Å². The second-order valence-electron chi connectivity index (χ2n) is 5.00. The van der Waals surface area contributed by atoms with Crippen molar-refractivity contribution in [2.45, 2.75) is 26.3 Å². The highest BCUT2D eigenvalue weighted by Gasteiger charge is 2.13. The van der Waals surface area contributed by atoms with E-state index in [0.29, 0.717) is 5.75 Å². The van der Waals surface area contributed by atoms with Crippen molar-refractivity contribution in [2.24, 2.45) is 0 Å². The number of hydrogen-bond acceptors (Lipinski definition) is 3. The summed E-state index contributed by atoms with van der Waals surface area (Å²) in [5.41, 5.74) is -0.0514. The first-order valence-corrected chi connectivity index (χ1v) is 5.70. The fourth-order valence-corrected chi connectivity index (χ4v) is 1.40. The maximum Gasteiger partial charge on any atom is 0.239 e. The molecule has 1 aromatic rings. The summed E-state index contributed by atoms with van der Waals surface area (Å²) in [5.74, 6) is -0.0702. The number of amides is 1. The van der Waals surface area contributed by atoms with Gasteiger partial charge in [-0.05, 0) is 32.9 Å². The van der Waals surface area contributed by atoms with Crippen molar-refractivity contribution in [1.29, 1.82) is 0 Å². The third-order valence-corrected chi connectivity index (χ3v) is 2.13. The van der Waals surface area contributed by atoms with E-state index in [-0.39, 0.29) is 23.7 Å². The van der Waals surface area contributed by atoms with Gasteiger partial charge in [-0.1, -0.05) is 0 Å². The molecule has 4 nitrogen and oxygen atoms in total. The van der Waals surface area contributed by atoms with Gasteiger partial charge in [0, 0.05) is 11.6 Å². The van der Waals surface area contributed by atoms with E-state index >= 15 is 0 Å². The van der Waals surface area contributed by atoms with Gasteiger partial charge in [0.25, 0.3) is 0 Å². The third-order valence-electron chi connectivity index (χ3n) is 2.13. The fourth-order valence-electron chi connectivity index (χ4n) is 1.40. The quantitative estimate of drug-likeness (QED) is 0.865. The molecule has 100 valence electrons. The molecule has 0 aliphatic heterocycles. The van der Waals surface area contributed by atoms with Gasteiger partial charge in [0.05, 0.1) is 19.3 Å². The van der Waals surface area contributed by atoms with Crippen LogP contribution in [0, 0.1) is 5.82 Å². The minimum atomic E-state index is -0.417. The van der Waals surface area contributed by atoms with Gasteiger partial charge in [0.1, 0.15) is 11.6 Å². The lowest BCUT2D eigenvalue weighted by atomic mass is 10.1. The van der Waals surface area contributed by atoms with E-state index in [0.717, 1.165) is 0 Å². The van der Waals surface area contributed by atoms with Gasteiger partial charge >= 0.3 is 0 Å². The van der Waals surface area contributed by atoms with Gasteiger partial charge in [-0.25, -0.2) is 4.39 Å². The van der Waals surface area contributed by atoms with Gasteiger partial charge in [-0.2, -0.15) is 0 Å². The predicted octanol–water partition coefficient (Wildman–Crippen LogP) is 2.16. The van der Waals surface area contributed by atoms with Crippen LogP contribution < -0.4 is 15.4 Å². The number of halogens is 1. The number of ether oxygens (including phenoxy) is 1. The van der Waals surface area contributed by atoms with Gasteiger partial charge in [0.2, 0.25) is 5.91 Å². The number of rotatable bonds is 4. The Bertz CT molecular complexity index is 427. The summed E-state index contributed by atoms with van der Waals surface area (Å²) in [6.07, 6.45) is 0. The van der Waals surface area contributed by atoms with Crippen LogP contribution in [-0.4, -0.2) is 25.1 Å². The Kier molecular flexibility index (Phi) is 4.53. The molecule has 0 radical (unpaired) electrons. The average molecular weight is 254 g/mol. The van der Waals surface area contributed by atoms with Crippen molar-refractivity contribution in [3.05, 3.63) is 24.0 Å². The topological polar surface area (TPSA) is 50.4 Å². The minimum absolute atomic E-state index is 0.0152. The van der Waals surface area contributed by atoms with Crippen molar-refractivity contribution < 1.29 is 13.9 Å². The molecule has 18 heavy (non-hydrogen) atoms. The van der Waals surface area contributed by atoms with Gasteiger partial charge in [-0.3, -0.25) is 4.79 Å². The molecule has 1 aromatic carbocycles. The first-order valence-electron chi connectivity index (χ1n) is 5.70. The number of carbonyl (C=O) groups is 1. The molecule has 0 spiro atoms. The van der Waals surface area contributed by atoms with Crippen LogP contribution in [0.1, 0.15) is 20.8 Å². The molecule has 1 amide bonds. The zero-order valence-electron chi connectivity index (χ0n) is 11.1. The van der Waals surface area contributed by atoms with Crippen molar-refractivity contribution in [2.75, 3.05) is 19.0 Å². The SMILES string of the molecule is COc1ccc(F)c(NCC(=O)NC(C)(C)C)c1. The lowest BCUT2D eigenvalue weighted by molar-refractivity contribution is -0.120. The van der Waals surface area contributed by atoms with Crippen LogP contribution in [-0.2, 0) is 4.79 Å². The maximum absolute atomic E-state index is 13.4. The molecule has 0 heterocycles. The van der Waals surface area contributed by atoms with Gasteiger partial charge in [-0.15, -0.1) is 0 Å². The molecule has 0 bridgehead atoms. The molecule has 0 atom stereocenters. The standard InChI is InChI=1S/C13H19FN2O2/c1-13(2,3)16-12(17)8-15-11-7-9(18-4)5-6-10(11)14/h5-7,15H,8H2,1-4H3,(H,16,17). The van der Waals surface area contributed by atoms with Gasteiger partial charge < -0.3 is 15.4 Å². The number of nitrogens with one attached hydrogen (secondary N) is 2. The summed E-state index contributed by atoms with van der Waals surface area (Å²) in [6, 6.07) is 4.33. The first-order chi connectivity index (χ1) is 8.31. The zero-order chi connectivity index (χ0) is 13.8. The molecule has 0 aliphatic rings. The van der Waals surface area contributed by atoms with Crippen LogP contribution in [0.25, 0.3) is 0 Å².